The first kappa shape index (κ1) is 17.5. The molecule has 1 heterocycles. The zero-order valence-electron chi connectivity index (χ0n) is 12.9. The maximum atomic E-state index is 12.6. The Balaban J connectivity index is 2.45. The fourth-order valence-electron chi connectivity index (χ4n) is 2.45. The van der Waals surface area contributed by atoms with Gasteiger partial charge in [0.15, 0.2) is 0 Å². The number of hydrogen-bond donors (Lipinski definition) is 1. The lowest BCUT2D eigenvalue weighted by Crippen LogP contribution is -2.60. The third kappa shape index (κ3) is 3.57. The maximum Gasteiger partial charge on any atom is 0.277 e. The van der Waals surface area contributed by atoms with Crippen LogP contribution >= 0.6 is 23.2 Å². The van der Waals surface area contributed by atoms with Gasteiger partial charge in [-0.3, -0.25) is 19.3 Å². The molecular weight excluding hydrogens is 339 g/mol. The third-order valence-electron chi connectivity index (χ3n) is 3.49. The minimum Gasteiger partial charge on any atom is -0.320 e. The van der Waals surface area contributed by atoms with E-state index >= 15 is 0 Å². The molecule has 1 aliphatic heterocycles. The molecule has 0 spiro atoms. The van der Waals surface area contributed by atoms with E-state index in [-0.39, 0.29) is 11.6 Å². The summed E-state index contributed by atoms with van der Waals surface area (Å²) in [5.74, 6) is -1.62. The molecule has 0 radical (unpaired) electrons. The van der Waals surface area contributed by atoms with E-state index in [9.17, 15) is 14.4 Å². The van der Waals surface area contributed by atoms with Crippen LogP contribution in [0.3, 0.4) is 0 Å². The molecule has 1 aromatic rings. The standard InChI is InChI=1S/C16H16Cl2N2O3/c1-8(2)14-15(22)19-13(16(23)20(14)9(3)21)6-10-4-5-11(17)7-12(10)18/h4-8,14H,1-3H3,(H,19,22)/b13-6+/t14-/m0/s1. The average Bonchev–Trinajstić information content (AvgIpc) is 2.44. The molecule has 1 aromatic carbocycles. The van der Waals surface area contributed by atoms with Crippen LogP contribution in [0.15, 0.2) is 23.9 Å². The van der Waals surface area contributed by atoms with Crippen LogP contribution in [0.2, 0.25) is 10.0 Å². The molecular formula is C16H16Cl2N2O3. The molecule has 0 bridgehead atoms. The first-order valence-corrected chi connectivity index (χ1v) is 7.79. The van der Waals surface area contributed by atoms with Gasteiger partial charge in [-0.05, 0) is 29.7 Å². The summed E-state index contributed by atoms with van der Waals surface area (Å²) in [5.41, 5.74) is 0.525. The fraction of sp³-hybridized carbons (Fsp3) is 0.312. The molecule has 23 heavy (non-hydrogen) atoms. The Bertz CT molecular complexity index is 713. The quantitative estimate of drug-likeness (QED) is 0.830. The number of amides is 3. The summed E-state index contributed by atoms with van der Waals surface area (Å²) in [5, 5.41) is 3.36. The van der Waals surface area contributed by atoms with Crippen molar-refractivity contribution in [3.8, 4) is 0 Å². The van der Waals surface area contributed by atoms with E-state index in [2.05, 4.69) is 5.32 Å². The number of halogens is 2. The first-order valence-electron chi connectivity index (χ1n) is 7.04. The molecule has 7 heteroatoms. The minimum atomic E-state index is -0.821. The molecule has 1 fully saturated rings. The smallest absolute Gasteiger partial charge is 0.277 e. The van der Waals surface area contributed by atoms with Crippen molar-refractivity contribution in [1.29, 1.82) is 0 Å². The van der Waals surface area contributed by atoms with Crippen molar-refractivity contribution >= 4 is 47.0 Å². The topological polar surface area (TPSA) is 66.5 Å². The molecule has 122 valence electrons. The van der Waals surface area contributed by atoms with Gasteiger partial charge in [0.25, 0.3) is 5.91 Å². The van der Waals surface area contributed by atoms with Crippen molar-refractivity contribution in [1.82, 2.24) is 10.2 Å². The van der Waals surface area contributed by atoms with E-state index < -0.39 is 23.8 Å². The van der Waals surface area contributed by atoms with Gasteiger partial charge < -0.3 is 5.32 Å². The van der Waals surface area contributed by atoms with Crippen molar-refractivity contribution in [2.75, 3.05) is 0 Å². The van der Waals surface area contributed by atoms with Gasteiger partial charge in [0, 0.05) is 17.0 Å². The lowest BCUT2D eigenvalue weighted by molar-refractivity contribution is -0.153. The van der Waals surface area contributed by atoms with Crippen LogP contribution in [0.25, 0.3) is 6.08 Å². The van der Waals surface area contributed by atoms with Crippen LogP contribution in [0.1, 0.15) is 26.3 Å². The van der Waals surface area contributed by atoms with E-state index in [1.54, 1.807) is 26.0 Å². The van der Waals surface area contributed by atoms with Gasteiger partial charge in [0.1, 0.15) is 11.7 Å². The summed E-state index contributed by atoms with van der Waals surface area (Å²) < 4.78 is 0. The number of hydrogen-bond acceptors (Lipinski definition) is 3. The Kier molecular flexibility index (Phi) is 5.12. The summed E-state index contributed by atoms with van der Waals surface area (Å²) >= 11 is 11.9. The second-order valence-corrected chi connectivity index (χ2v) is 6.44. The second kappa shape index (κ2) is 6.72. The first-order chi connectivity index (χ1) is 10.7. The number of benzene rings is 1. The zero-order chi connectivity index (χ0) is 17.3. The maximum absolute atomic E-state index is 12.6. The minimum absolute atomic E-state index is 0.00585. The van der Waals surface area contributed by atoms with Crippen molar-refractivity contribution in [3.63, 3.8) is 0 Å². The van der Waals surface area contributed by atoms with Gasteiger partial charge in [-0.25, -0.2) is 0 Å². The van der Waals surface area contributed by atoms with Gasteiger partial charge >= 0.3 is 0 Å². The SMILES string of the molecule is CC(=O)N1C(=O)/C(=C\c2ccc(Cl)cc2Cl)NC(=O)[C@@H]1C(C)C. The number of imide groups is 1. The number of carbonyl (C=O) groups excluding carboxylic acids is 3. The van der Waals surface area contributed by atoms with Crippen LogP contribution in [0.4, 0.5) is 0 Å². The Labute approximate surface area is 144 Å². The summed E-state index contributed by atoms with van der Waals surface area (Å²) in [6.07, 6.45) is 1.44. The molecule has 0 aromatic heterocycles. The normalized spacial score (nSPS) is 20.2. The molecule has 1 saturated heterocycles. The van der Waals surface area contributed by atoms with Crippen LogP contribution in [0, 0.1) is 5.92 Å². The molecule has 1 N–H and O–H groups in total. The van der Waals surface area contributed by atoms with Gasteiger partial charge in [-0.1, -0.05) is 43.1 Å². The van der Waals surface area contributed by atoms with Gasteiger partial charge in [0.05, 0.1) is 0 Å². The summed E-state index contributed by atoms with van der Waals surface area (Å²) in [6.45, 7) is 4.81. The van der Waals surface area contributed by atoms with Crippen LogP contribution in [-0.2, 0) is 14.4 Å². The summed E-state index contributed by atoms with van der Waals surface area (Å²) in [6, 6.07) is 3.96. The molecule has 0 aliphatic carbocycles. The second-order valence-electron chi connectivity index (χ2n) is 5.60. The van der Waals surface area contributed by atoms with Crippen molar-refractivity contribution in [3.05, 3.63) is 39.5 Å². The highest BCUT2D eigenvalue weighted by Crippen LogP contribution is 2.25. The highest BCUT2D eigenvalue weighted by molar-refractivity contribution is 6.35. The van der Waals surface area contributed by atoms with Crippen LogP contribution < -0.4 is 5.32 Å². The highest BCUT2D eigenvalue weighted by Gasteiger charge is 2.41. The lowest BCUT2D eigenvalue weighted by atomic mass is 9.98. The Morgan fingerprint density at radius 2 is 1.96 bits per heavy atom. The lowest BCUT2D eigenvalue weighted by Gasteiger charge is -2.36. The Hall–Kier alpha value is -1.85. The van der Waals surface area contributed by atoms with Crippen molar-refractivity contribution in [2.45, 2.75) is 26.8 Å². The third-order valence-corrected chi connectivity index (χ3v) is 4.05. The van der Waals surface area contributed by atoms with E-state index in [0.29, 0.717) is 15.6 Å². The fourth-order valence-corrected chi connectivity index (χ4v) is 2.91. The van der Waals surface area contributed by atoms with Crippen LogP contribution in [-0.4, -0.2) is 28.7 Å². The number of carbonyl (C=O) groups is 3. The van der Waals surface area contributed by atoms with E-state index in [0.717, 1.165) is 4.90 Å². The number of piperazine rings is 1. The summed E-state index contributed by atoms with van der Waals surface area (Å²) in [7, 11) is 0. The largest absolute Gasteiger partial charge is 0.320 e. The highest BCUT2D eigenvalue weighted by atomic mass is 35.5. The number of rotatable bonds is 2. The zero-order valence-corrected chi connectivity index (χ0v) is 14.4. The molecule has 0 unspecified atom stereocenters. The molecule has 5 nitrogen and oxygen atoms in total. The van der Waals surface area contributed by atoms with E-state index in [4.69, 9.17) is 23.2 Å². The van der Waals surface area contributed by atoms with Gasteiger partial charge in [0.2, 0.25) is 11.8 Å². The van der Waals surface area contributed by atoms with Gasteiger partial charge in [-0.15, -0.1) is 0 Å². The molecule has 2 rings (SSSR count). The number of nitrogens with one attached hydrogen (secondary N) is 1. The Morgan fingerprint density at radius 1 is 1.30 bits per heavy atom. The molecule has 1 aliphatic rings. The monoisotopic (exact) mass is 354 g/mol. The predicted molar refractivity (Wildman–Crippen MR) is 88.7 cm³/mol. The van der Waals surface area contributed by atoms with Crippen molar-refractivity contribution < 1.29 is 14.4 Å². The molecule has 1 atom stereocenters. The van der Waals surface area contributed by atoms with E-state index in [1.165, 1.54) is 19.1 Å². The average molecular weight is 355 g/mol. The van der Waals surface area contributed by atoms with Gasteiger partial charge in [-0.2, -0.15) is 0 Å². The van der Waals surface area contributed by atoms with Crippen LogP contribution in [0.5, 0.6) is 0 Å². The molecule has 0 saturated carbocycles. The predicted octanol–water partition coefficient (Wildman–Crippen LogP) is 2.86. The Morgan fingerprint density at radius 3 is 2.48 bits per heavy atom. The molecule has 3 amide bonds. The van der Waals surface area contributed by atoms with E-state index in [1.807, 2.05) is 0 Å². The van der Waals surface area contributed by atoms with Crippen molar-refractivity contribution in [2.24, 2.45) is 5.92 Å². The summed E-state index contributed by atoms with van der Waals surface area (Å²) in [4.78, 5) is 37.7. The number of nitrogens with zero attached hydrogens (tertiary/aromatic N) is 1.